The Morgan fingerprint density at radius 1 is 1.12 bits per heavy atom. The van der Waals surface area contributed by atoms with Gasteiger partial charge in [-0.2, -0.15) is 0 Å². The Morgan fingerprint density at radius 3 is 2.29 bits per heavy atom. The smallest absolute Gasteiger partial charge is 0.157 e. The lowest BCUT2D eigenvalue weighted by Gasteiger charge is -2.39. The van der Waals surface area contributed by atoms with Crippen LogP contribution in [0.5, 0.6) is 0 Å². The van der Waals surface area contributed by atoms with Gasteiger partial charge >= 0.3 is 0 Å². The van der Waals surface area contributed by atoms with Gasteiger partial charge in [-0.15, -0.1) is 0 Å². The van der Waals surface area contributed by atoms with Crippen molar-refractivity contribution in [2.75, 3.05) is 0 Å². The molecule has 1 aliphatic rings. The first-order valence-corrected chi connectivity index (χ1v) is 6.07. The second kappa shape index (κ2) is 4.18. The van der Waals surface area contributed by atoms with E-state index in [2.05, 4.69) is 11.8 Å². The second-order valence-electron chi connectivity index (χ2n) is 5.66. The molecule has 2 heteroatoms. The fraction of sp³-hybridized carbons (Fsp3) is 0.467. The van der Waals surface area contributed by atoms with Gasteiger partial charge in [0.2, 0.25) is 0 Å². The van der Waals surface area contributed by atoms with Gasteiger partial charge in [0, 0.05) is 25.3 Å². The molecule has 0 amide bonds. The molecule has 1 N–H and O–H groups in total. The summed E-state index contributed by atoms with van der Waals surface area (Å²) in [6, 6.07) is 9.85. The summed E-state index contributed by atoms with van der Waals surface area (Å²) in [7, 11) is 0. The van der Waals surface area contributed by atoms with Crippen LogP contribution in [0.25, 0.3) is 0 Å². The largest absolute Gasteiger partial charge is 0.633 e. The van der Waals surface area contributed by atoms with Gasteiger partial charge in [-0.05, 0) is 31.9 Å². The highest BCUT2D eigenvalue weighted by molar-refractivity contribution is 5.35. The van der Waals surface area contributed by atoms with Crippen molar-refractivity contribution in [1.82, 2.24) is 0 Å². The maximum absolute atomic E-state index is 12.3. The van der Waals surface area contributed by atoms with Crippen LogP contribution in [0.2, 0.25) is 0 Å². The molecular weight excluding hydrogens is 210 g/mol. The maximum atomic E-state index is 12.3. The Bertz CT molecular complexity index is 455. The third kappa shape index (κ3) is 2.36. The van der Waals surface area contributed by atoms with Gasteiger partial charge in [0.15, 0.2) is 5.54 Å². The van der Waals surface area contributed by atoms with E-state index in [9.17, 15) is 5.21 Å². The highest BCUT2D eigenvalue weighted by Crippen LogP contribution is 2.23. The predicted octanol–water partition coefficient (Wildman–Crippen LogP) is 1.75. The van der Waals surface area contributed by atoms with Crippen LogP contribution in [0.4, 0.5) is 0 Å². The molecule has 1 aliphatic heterocycles. The summed E-state index contributed by atoms with van der Waals surface area (Å²) >= 11 is 0. The van der Waals surface area contributed by atoms with Crippen molar-refractivity contribution in [3.05, 3.63) is 41.1 Å². The molecule has 2 nitrogen and oxygen atoms in total. The fourth-order valence-electron chi connectivity index (χ4n) is 2.39. The van der Waals surface area contributed by atoms with E-state index in [1.54, 1.807) is 0 Å². The zero-order valence-corrected chi connectivity index (χ0v) is 10.7. The van der Waals surface area contributed by atoms with Crippen molar-refractivity contribution >= 4 is 0 Å². The van der Waals surface area contributed by atoms with Crippen molar-refractivity contribution in [1.29, 1.82) is 0 Å². The van der Waals surface area contributed by atoms with Gasteiger partial charge in [-0.3, -0.25) is 0 Å². The Kier molecular flexibility index (Phi) is 2.99. The molecule has 1 aromatic rings. The Morgan fingerprint density at radius 2 is 1.76 bits per heavy atom. The van der Waals surface area contributed by atoms with Crippen molar-refractivity contribution in [2.24, 2.45) is 0 Å². The average Bonchev–Trinajstić information content (AvgIpc) is 2.53. The second-order valence-corrected chi connectivity index (χ2v) is 5.66. The van der Waals surface area contributed by atoms with Gasteiger partial charge in [0.25, 0.3) is 0 Å². The van der Waals surface area contributed by atoms with Gasteiger partial charge in [0.05, 0.1) is 5.54 Å². The SMILES string of the molecule is CC1(C)CCC(C)(C#Cc2ccccc2)[NH+]1[O-]. The first-order valence-electron chi connectivity index (χ1n) is 6.07. The van der Waals surface area contributed by atoms with E-state index in [0.717, 1.165) is 18.4 Å². The summed E-state index contributed by atoms with van der Waals surface area (Å²) in [5, 5.41) is 12.6. The van der Waals surface area contributed by atoms with Crippen LogP contribution in [-0.2, 0) is 0 Å². The molecule has 1 saturated heterocycles. The molecule has 17 heavy (non-hydrogen) atoms. The number of benzene rings is 1. The molecule has 0 radical (unpaired) electrons. The van der Waals surface area contributed by atoms with Crippen molar-refractivity contribution in [3.8, 4) is 11.8 Å². The Balaban J connectivity index is 2.23. The molecule has 1 fully saturated rings. The summed E-state index contributed by atoms with van der Waals surface area (Å²) in [6.45, 7) is 6.01. The van der Waals surface area contributed by atoms with Crippen molar-refractivity contribution in [3.63, 3.8) is 0 Å². The van der Waals surface area contributed by atoms with E-state index in [1.165, 1.54) is 0 Å². The Labute approximate surface area is 103 Å². The monoisotopic (exact) mass is 229 g/mol. The minimum absolute atomic E-state index is 0.208. The molecule has 2 atom stereocenters. The van der Waals surface area contributed by atoms with Crippen LogP contribution >= 0.6 is 0 Å². The molecule has 0 saturated carbocycles. The summed E-state index contributed by atoms with van der Waals surface area (Å²) < 4.78 is 0. The summed E-state index contributed by atoms with van der Waals surface area (Å²) in [6.07, 6.45) is 1.81. The molecule has 90 valence electrons. The lowest BCUT2D eigenvalue weighted by atomic mass is 9.99. The topological polar surface area (TPSA) is 27.5 Å². The van der Waals surface area contributed by atoms with Gasteiger partial charge in [0.1, 0.15) is 0 Å². The molecular formula is C15H19NO. The first kappa shape index (κ1) is 12.2. The maximum Gasteiger partial charge on any atom is 0.157 e. The van der Waals surface area contributed by atoms with E-state index in [0.29, 0.717) is 0 Å². The van der Waals surface area contributed by atoms with E-state index < -0.39 is 5.54 Å². The summed E-state index contributed by atoms with van der Waals surface area (Å²) in [4.78, 5) is 0. The van der Waals surface area contributed by atoms with E-state index in [4.69, 9.17) is 0 Å². The van der Waals surface area contributed by atoms with Crippen LogP contribution in [0.15, 0.2) is 30.3 Å². The predicted molar refractivity (Wildman–Crippen MR) is 69.4 cm³/mol. The lowest BCUT2D eigenvalue weighted by molar-refractivity contribution is -0.925. The molecule has 0 bridgehead atoms. The summed E-state index contributed by atoms with van der Waals surface area (Å²) in [5.74, 6) is 6.30. The van der Waals surface area contributed by atoms with Crippen molar-refractivity contribution in [2.45, 2.75) is 44.7 Å². The number of nitrogens with one attached hydrogen (secondary N) is 1. The number of quaternary nitrogens is 1. The molecule has 1 heterocycles. The number of hydrogen-bond donors (Lipinski definition) is 1. The van der Waals surface area contributed by atoms with E-state index >= 15 is 0 Å². The van der Waals surface area contributed by atoms with Crippen molar-refractivity contribution < 1.29 is 5.06 Å². The molecule has 0 aliphatic carbocycles. The number of rotatable bonds is 0. The van der Waals surface area contributed by atoms with Crippen LogP contribution in [-0.4, -0.2) is 11.1 Å². The average molecular weight is 229 g/mol. The van der Waals surface area contributed by atoms with Crippen LogP contribution < -0.4 is 5.06 Å². The third-order valence-corrected chi connectivity index (χ3v) is 3.62. The molecule has 1 aromatic carbocycles. The van der Waals surface area contributed by atoms with E-state index in [1.807, 2.05) is 51.1 Å². The standard InChI is InChI=1S/C15H19NO/c1-14(2)11-12-15(3,16(14)17)10-9-13-7-5-4-6-8-13/h4-8,16H,11-12H2,1-3H3. The Hall–Kier alpha value is -1.30. The highest BCUT2D eigenvalue weighted by Gasteiger charge is 2.46. The highest BCUT2D eigenvalue weighted by atomic mass is 16.5. The summed E-state index contributed by atoms with van der Waals surface area (Å²) in [5.41, 5.74) is 0.311. The third-order valence-electron chi connectivity index (χ3n) is 3.62. The quantitative estimate of drug-likeness (QED) is 0.532. The normalized spacial score (nSPS) is 30.7. The van der Waals surface area contributed by atoms with Crippen LogP contribution in [0.3, 0.4) is 0 Å². The van der Waals surface area contributed by atoms with Gasteiger partial charge in [-0.25, -0.2) is 0 Å². The first-order chi connectivity index (χ1) is 7.94. The number of hydrogen-bond acceptors (Lipinski definition) is 1. The number of hydroxylamine groups is 2. The zero-order valence-electron chi connectivity index (χ0n) is 10.7. The molecule has 2 rings (SSSR count). The van der Waals surface area contributed by atoms with Gasteiger partial charge in [-0.1, -0.05) is 24.1 Å². The minimum atomic E-state index is -0.459. The minimum Gasteiger partial charge on any atom is -0.633 e. The molecule has 0 aromatic heterocycles. The molecule has 2 unspecified atom stereocenters. The lowest BCUT2D eigenvalue weighted by Crippen LogP contribution is -3.19. The fourth-order valence-corrected chi connectivity index (χ4v) is 2.39. The van der Waals surface area contributed by atoms with E-state index in [-0.39, 0.29) is 10.6 Å². The van der Waals surface area contributed by atoms with Crippen LogP contribution in [0.1, 0.15) is 39.2 Å². The molecule has 0 spiro atoms. The van der Waals surface area contributed by atoms with Crippen LogP contribution in [0, 0.1) is 17.0 Å². The zero-order chi connectivity index (χ0) is 12.5. The van der Waals surface area contributed by atoms with Gasteiger partial charge < -0.3 is 10.3 Å².